The summed E-state index contributed by atoms with van der Waals surface area (Å²) >= 11 is 3.62. The van der Waals surface area contributed by atoms with Gasteiger partial charge in [0.1, 0.15) is 30.3 Å². The molecule has 370 valence electrons. The standard InChI is InChI=1S/C51H60BrF2N10O5P/c1-6-30-24-42(58-51-55-28-37(52)48(60-51)57-41-12-11-40-35(47(41)70(4,5)68)9-8-32(7-2)56-40)44(69-3)27-43(30)62-18-15-33(16-19-62)61-20-22-63(23-21-61)50(67)31-14-17-64(29-31)34-25-38(53)46(39(54)26-34)36-10-13-45(65)59-49(36)66/h8-9,11-12,24-28,31,33,36H,6-7,10,13-23,29H2,1-5H3,(H,59,65,66)(H2,55,57,58,60)/t31-,36?/m1/s1. The zero-order valence-corrected chi connectivity index (χ0v) is 42.8. The number of aryl methyl sites for hydroxylation is 2. The number of nitrogens with one attached hydrogen (secondary N) is 3. The molecule has 0 aliphatic carbocycles. The monoisotopic (exact) mass is 1040 g/mol. The fourth-order valence-electron chi connectivity index (χ4n) is 10.6. The van der Waals surface area contributed by atoms with Crippen LogP contribution < -0.4 is 35.8 Å². The molecule has 5 aromatic rings. The van der Waals surface area contributed by atoms with Gasteiger partial charge in [-0.2, -0.15) is 4.98 Å². The Balaban J connectivity index is 0.797. The van der Waals surface area contributed by atoms with Crippen molar-refractivity contribution in [3.63, 3.8) is 0 Å². The van der Waals surface area contributed by atoms with E-state index < -0.39 is 36.5 Å². The Kier molecular flexibility index (Phi) is 14.5. The molecule has 2 atom stereocenters. The van der Waals surface area contributed by atoms with Gasteiger partial charge in [0.15, 0.2) is 0 Å². The van der Waals surface area contributed by atoms with Crippen LogP contribution in [-0.4, -0.2) is 121 Å². The Hall–Kier alpha value is -5.71. The summed E-state index contributed by atoms with van der Waals surface area (Å²) in [7, 11) is -1.10. The fourth-order valence-corrected chi connectivity index (χ4v) is 12.4. The predicted octanol–water partition coefficient (Wildman–Crippen LogP) is 8.09. The molecule has 70 heavy (non-hydrogen) atoms. The van der Waals surface area contributed by atoms with Gasteiger partial charge in [-0.3, -0.25) is 29.6 Å². The number of amides is 3. The summed E-state index contributed by atoms with van der Waals surface area (Å²) in [4.78, 5) is 60.6. The van der Waals surface area contributed by atoms with Gasteiger partial charge in [0.25, 0.3) is 0 Å². The average Bonchev–Trinajstić information content (AvgIpc) is 3.85. The average molecular weight is 1040 g/mol. The van der Waals surface area contributed by atoms with Gasteiger partial charge in [-0.15, -0.1) is 0 Å². The number of carbonyl (C=O) groups is 3. The van der Waals surface area contributed by atoms with Crippen molar-refractivity contribution in [3.8, 4) is 5.75 Å². The number of pyridine rings is 1. The maximum absolute atomic E-state index is 15.3. The number of anilines is 6. The molecule has 4 aliphatic rings. The van der Waals surface area contributed by atoms with Crippen LogP contribution in [0.2, 0.25) is 0 Å². The van der Waals surface area contributed by atoms with Crippen LogP contribution in [0, 0.1) is 17.6 Å². The molecule has 6 heterocycles. The molecule has 0 radical (unpaired) electrons. The summed E-state index contributed by atoms with van der Waals surface area (Å²) in [6, 6.07) is 14.9. The smallest absolute Gasteiger partial charge is 0.234 e. The first kappa shape index (κ1) is 49.3. The second-order valence-corrected chi connectivity index (χ2v) is 23.1. The molecule has 4 fully saturated rings. The maximum Gasteiger partial charge on any atom is 0.234 e. The van der Waals surface area contributed by atoms with Gasteiger partial charge < -0.3 is 34.6 Å². The molecule has 3 N–H and O–H groups in total. The van der Waals surface area contributed by atoms with E-state index >= 15 is 8.78 Å². The lowest BCUT2D eigenvalue weighted by Gasteiger charge is -2.44. The van der Waals surface area contributed by atoms with Crippen LogP contribution >= 0.6 is 23.1 Å². The van der Waals surface area contributed by atoms with E-state index in [2.05, 4.69) is 72.6 Å². The minimum atomic E-state index is -2.76. The zero-order valence-electron chi connectivity index (χ0n) is 40.3. The van der Waals surface area contributed by atoms with E-state index in [1.165, 1.54) is 12.1 Å². The minimum absolute atomic E-state index is 0.0262. The second kappa shape index (κ2) is 20.6. The van der Waals surface area contributed by atoms with Gasteiger partial charge in [-0.25, -0.2) is 13.8 Å². The van der Waals surface area contributed by atoms with E-state index in [4.69, 9.17) is 14.7 Å². The quantitative estimate of drug-likeness (QED) is 0.0767. The van der Waals surface area contributed by atoms with Crippen molar-refractivity contribution in [1.82, 2.24) is 30.1 Å². The SMILES string of the molecule is CCc1ccc2c(P(C)(C)=O)c(Nc3nc(Nc4cc(CC)c(N5CCC(N6CCN(C(=O)[C@@H]7CCN(c8cc(F)c(C9CCC(=O)NC9=O)c(F)c8)C7)CC6)CC5)cc4OC)ncc3Br)ccc2n1. The number of hydrogen-bond donors (Lipinski definition) is 3. The van der Waals surface area contributed by atoms with Crippen LogP contribution in [0.1, 0.15) is 68.7 Å². The Morgan fingerprint density at radius 1 is 0.871 bits per heavy atom. The van der Waals surface area contributed by atoms with Crippen molar-refractivity contribution in [3.05, 3.63) is 87.7 Å². The molecule has 3 aromatic carbocycles. The van der Waals surface area contributed by atoms with Crippen molar-refractivity contribution < 1.29 is 32.5 Å². The maximum atomic E-state index is 15.3. The van der Waals surface area contributed by atoms with E-state index in [1.807, 2.05) is 34.1 Å². The summed E-state index contributed by atoms with van der Waals surface area (Å²) in [5, 5.41) is 10.6. The van der Waals surface area contributed by atoms with Gasteiger partial charge in [-0.1, -0.05) is 19.9 Å². The van der Waals surface area contributed by atoms with Gasteiger partial charge in [0, 0.05) is 110 Å². The molecular weight excluding hydrogens is 981 g/mol. The molecular formula is C51H60BrF2N10O5P. The molecule has 0 saturated carbocycles. The topological polar surface area (TPSA) is 165 Å². The van der Waals surface area contributed by atoms with Gasteiger partial charge >= 0.3 is 0 Å². The number of fused-ring (bicyclic) bond motifs is 1. The van der Waals surface area contributed by atoms with Crippen LogP contribution in [0.4, 0.5) is 43.3 Å². The molecule has 0 spiro atoms. The number of halogens is 3. The lowest BCUT2D eigenvalue weighted by Crippen LogP contribution is -2.55. The van der Waals surface area contributed by atoms with E-state index in [0.29, 0.717) is 72.0 Å². The first-order valence-electron chi connectivity index (χ1n) is 24.2. The number of benzene rings is 3. The van der Waals surface area contributed by atoms with Gasteiger partial charge in [-0.05, 0) is 110 Å². The van der Waals surface area contributed by atoms with Crippen molar-refractivity contribution in [2.45, 2.75) is 70.8 Å². The second-order valence-electron chi connectivity index (χ2n) is 19.0. The summed E-state index contributed by atoms with van der Waals surface area (Å²) in [5.41, 5.74) is 5.53. The van der Waals surface area contributed by atoms with E-state index in [0.717, 1.165) is 90.7 Å². The van der Waals surface area contributed by atoms with Crippen molar-refractivity contribution >= 4 is 91.5 Å². The summed E-state index contributed by atoms with van der Waals surface area (Å²) in [6.45, 7) is 13.2. The minimum Gasteiger partial charge on any atom is -0.494 e. The number of nitrogens with zero attached hydrogens (tertiary/aromatic N) is 7. The Morgan fingerprint density at radius 2 is 1.60 bits per heavy atom. The molecule has 1 unspecified atom stereocenters. The number of imide groups is 1. The van der Waals surface area contributed by atoms with E-state index in [1.54, 1.807) is 26.6 Å². The highest BCUT2D eigenvalue weighted by Crippen LogP contribution is 2.43. The van der Waals surface area contributed by atoms with E-state index in [9.17, 15) is 18.9 Å². The molecule has 9 rings (SSSR count). The molecule has 3 amide bonds. The molecule has 2 aromatic heterocycles. The Bertz CT molecular complexity index is 2860. The van der Waals surface area contributed by atoms with Gasteiger partial charge in [0.2, 0.25) is 23.7 Å². The Morgan fingerprint density at radius 3 is 2.27 bits per heavy atom. The number of piperidine rings is 2. The third kappa shape index (κ3) is 10.2. The third-order valence-electron chi connectivity index (χ3n) is 14.3. The summed E-state index contributed by atoms with van der Waals surface area (Å²) in [6.07, 6.45) is 5.92. The number of ether oxygens (including phenoxy) is 1. The normalized spacial score (nSPS) is 19.5. The van der Waals surface area contributed by atoms with Crippen LogP contribution in [0.5, 0.6) is 5.75 Å². The Labute approximate surface area is 415 Å². The van der Waals surface area contributed by atoms with Crippen molar-refractivity contribution in [1.29, 1.82) is 0 Å². The van der Waals surface area contributed by atoms with Crippen LogP contribution in [-0.2, 0) is 31.8 Å². The largest absolute Gasteiger partial charge is 0.494 e. The predicted molar refractivity (Wildman–Crippen MR) is 274 cm³/mol. The fraction of sp³-hybridized carbons (Fsp3) is 0.451. The highest BCUT2D eigenvalue weighted by molar-refractivity contribution is 9.10. The number of methoxy groups -OCH3 is 1. The number of hydrogen-bond acceptors (Lipinski definition) is 13. The van der Waals surface area contributed by atoms with Crippen LogP contribution in [0.25, 0.3) is 10.9 Å². The lowest BCUT2D eigenvalue weighted by molar-refractivity contribution is -0.137. The number of aromatic nitrogens is 3. The molecule has 15 nitrogen and oxygen atoms in total. The highest BCUT2D eigenvalue weighted by Gasteiger charge is 2.37. The highest BCUT2D eigenvalue weighted by atomic mass is 79.9. The first-order valence-corrected chi connectivity index (χ1v) is 27.6. The van der Waals surface area contributed by atoms with Crippen molar-refractivity contribution in [2.24, 2.45) is 5.92 Å². The van der Waals surface area contributed by atoms with Crippen LogP contribution in [0.15, 0.2) is 59.2 Å². The number of piperazine rings is 1. The molecule has 0 bridgehead atoms. The third-order valence-corrected chi connectivity index (χ3v) is 16.5. The molecule has 4 aliphatic heterocycles. The number of rotatable bonds is 13. The summed E-state index contributed by atoms with van der Waals surface area (Å²) < 4.78 is 51.0. The van der Waals surface area contributed by atoms with E-state index in [-0.39, 0.29) is 30.2 Å². The molecule has 4 saturated heterocycles. The summed E-state index contributed by atoms with van der Waals surface area (Å²) in [5.74, 6) is -2.50. The van der Waals surface area contributed by atoms with Crippen LogP contribution in [0.3, 0.4) is 0 Å². The number of carbonyl (C=O) groups excluding carboxylic acids is 3. The van der Waals surface area contributed by atoms with Gasteiger partial charge in [0.05, 0.1) is 40.3 Å². The lowest BCUT2D eigenvalue weighted by atomic mass is 9.89. The zero-order chi connectivity index (χ0) is 49.4. The first-order chi connectivity index (χ1) is 33.6. The van der Waals surface area contributed by atoms with Crippen molar-refractivity contribution in [2.75, 3.05) is 93.2 Å². The molecule has 19 heteroatoms.